The third-order valence-electron chi connectivity index (χ3n) is 3.65. The minimum atomic E-state index is -3.57. The van der Waals surface area contributed by atoms with Gasteiger partial charge in [-0.2, -0.15) is 8.42 Å². The van der Waals surface area contributed by atoms with Crippen LogP contribution in [0.4, 0.5) is 0 Å². The van der Waals surface area contributed by atoms with Crippen molar-refractivity contribution in [1.82, 2.24) is 4.57 Å². The van der Waals surface area contributed by atoms with Gasteiger partial charge in [0, 0.05) is 33.9 Å². The second-order valence-corrected chi connectivity index (χ2v) is 10.1. The zero-order valence-corrected chi connectivity index (χ0v) is 15.9. The van der Waals surface area contributed by atoms with Gasteiger partial charge >= 0.3 is 0 Å². The number of hydrogen-bond acceptors (Lipinski definition) is 5. The molecule has 1 heterocycles. The normalized spacial score (nSPS) is 12.8. The number of sulfone groups is 1. The molecule has 2 aromatic rings. The number of fused-ring (bicyclic) bond motifs is 1. The van der Waals surface area contributed by atoms with Gasteiger partial charge in [0.05, 0.1) is 12.0 Å². The first-order valence-electron chi connectivity index (χ1n) is 7.44. The van der Waals surface area contributed by atoms with Crippen molar-refractivity contribution in [3.63, 3.8) is 0 Å². The van der Waals surface area contributed by atoms with Gasteiger partial charge in [0.25, 0.3) is 10.1 Å². The third kappa shape index (κ3) is 5.20. The fourth-order valence-corrected chi connectivity index (χ4v) is 3.81. The molecule has 6 nitrogen and oxygen atoms in total. The van der Waals surface area contributed by atoms with Crippen molar-refractivity contribution < 1.29 is 21.0 Å². The number of rotatable bonds is 8. The Morgan fingerprint density at radius 1 is 1.17 bits per heavy atom. The lowest BCUT2D eigenvalue weighted by molar-refractivity contribution is 0.301. The van der Waals surface area contributed by atoms with Crippen LogP contribution in [0, 0.1) is 0 Å². The zero-order chi connectivity index (χ0) is 18.0. The average molecular weight is 394 g/mol. The standard InChI is InChI=1S/C15H20ClNO5S2/c1-3-24(20,21)8-4-7-17-14(11-22-23(2,18)19)10-12-9-13(16)5-6-15(12)17/h5-6,9-10H,3-4,7-8,11H2,1-2H3. The van der Waals surface area contributed by atoms with Gasteiger partial charge in [0.1, 0.15) is 16.4 Å². The summed E-state index contributed by atoms with van der Waals surface area (Å²) in [6, 6.07) is 7.15. The van der Waals surface area contributed by atoms with E-state index in [2.05, 4.69) is 0 Å². The van der Waals surface area contributed by atoms with Crippen molar-refractivity contribution in [2.75, 3.05) is 17.8 Å². The lowest BCUT2D eigenvalue weighted by Crippen LogP contribution is -2.13. The molecule has 2 rings (SSSR count). The average Bonchev–Trinajstić information content (AvgIpc) is 2.81. The zero-order valence-electron chi connectivity index (χ0n) is 13.5. The van der Waals surface area contributed by atoms with Crippen LogP contribution < -0.4 is 0 Å². The van der Waals surface area contributed by atoms with E-state index in [1.807, 2.05) is 10.6 Å². The summed E-state index contributed by atoms with van der Waals surface area (Å²) in [6.07, 6.45) is 1.43. The Balaban J connectivity index is 2.30. The van der Waals surface area contributed by atoms with Crippen LogP contribution in [0.3, 0.4) is 0 Å². The molecular weight excluding hydrogens is 374 g/mol. The molecule has 0 fully saturated rings. The van der Waals surface area contributed by atoms with Gasteiger partial charge in [-0.25, -0.2) is 8.42 Å². The summed E-state index contributed by atoms with van der Waals surface area (Å²) >= 11 is 6.00. The summed E-state index contributed by atoms with van der Waals surface area (Å²) in [5, 5.41) is 1.43. The molecule has 0 aliphatic carbocycles. The van der Waals surface area contributed by atoms with Gasteiger partial charge in [-0.05, 0) is 30.7 Å². The van der Waals surface area contributed by atoms with Crippen LogP contribution in [0.5, 0.6) is 0 Å². The highest BCUT2D eigenvalue weighted by Gasteiger charge is 2.13. The van der Waals surface area contributed by atoms with E-state index in [0.717, 1.165) is 17.2 Å². The molecule has 0 aliphatic heterocycles. The Labute approximate surface area is 147 Å². The summed E-state index contributed by atoms with van der Waals surface area (Å²) in [5.74, 6) is 0.197. The molecular formula is C15H20ClNO5S2. The predicted molar refractivity (Wildman–Crippen MR) is 95.5 cm³/mol. The first-order valence-corrected chi connectivity index (χ1v) is 11.5. The quantitative estimate of drug-likeness (QED) is 0.644. The second kappa shape index (κ2) is 7.43. The second-order valence-electron chi connectivity index (χ2n) is 5.55. The van der Waals surface area contributed by atoms with Crippen LogP contribution in [0.2, 0.25) is 5.02 Å². The molecule has 0 amide bonds. The smallest absolute Gasteiger partial charge is 0.264 e. The third-order valence-corrected chi connectivity index (χ3v) is 6.22. The molecule has 0 aliphatic rings. The van der Waals surface area contributed by atoms with E-state index in [-0.39, 0.29) is 18.1 Å². The van der Waals surface area contributed by atoms with Gasteiger partial charge in [0.2, 0.25) is 0 Å². The van der Waals surface area contributed by atoms with Gasteiger partial charge in [-0.3, -0.25) is 4.18 Å². The first kappa shape index (κ1) is 19.2. The fraction of sp³-hybridized carbons (Fsp3) is 0.467. The largest absolute Gasteiger partial charge is 0.342 e. The topological polar surface area (TPSA) is 82.4 Å². The van der Waals surface area contributed by atoms with Crippen molar-refractivity contribution in [2.24, 2.45) is 0 Å². The van der Waals surface area contributed by atoms with Crippen LogP contribution in [0.25, 0.3) is 10.9 Å². The number of aromatic nitrogens is 1. The molecule has 0 saturated heterocycles. The summed E-state index contributed by atoms with van der Waals surface area (Å²) in [7, 11) is -6.61. The van der Waals surface area contributed by atoms with E-state index in [0.29, 0.717) is 23.7 Å². The molecule has 24 heavy (non-hydrogen) atoms. The summed E-state index contributed by atoms with van der Waals surface area (Å²) in [6.45, 7) is 1.96. The van der Waals surface area contributed by atoms with Crippen molar-refractivity contribution in [2.45, 2.75) is 26.5 Å². The molecule has 0 unspecified atom stereocenters. The number of hydrogen-bond donors (Lipinski definition) is 0. The molecule has 0 saturated carbocycles. The Bertz CT molecular complexity index is 932. The highest BCUT2D eigenvalue weighted by molar-refractivity contribution is 7.91. The number of benzene rings is 1. The maximum absolute atomic E-state index is 11.6. The molecule has 0 radical (unpaired) electrons. The SMILES string of the molecule is CCS(=O)(=O)CCCn1c(COS(C)(=O)=O)cc2cc(Cl)ccc21. The fourth-order valence-electron chi connectivity index (χ4n) is 2.44. The van der Waals surface area contributed by atoms with Crippen molar-refractivity contribution >= 4 is 42.5 Å². The van der Waals surface area contributed by atoms with Crippen molar-refractivity contribution in [1.29, 1.82) is 0 Å². The number of aryl methyl sites for hydroxylation is 1. The number of halogens is 1. The van der Waals surface area contributed by atoms with Crippen molar-refractivity contribution in [3.8, 4) is 0 Å². The van der Waals surface area contributed by atoms with Gasteiger partial charge in [0.15, 0.2) is 0 Å². The van der Waals surface area contributed by atoms with Gasteiger partial charge in [-0.1, -0.05) is 18.5 Å². The minimum absolute atomic E-state index is 0.0864. The van der Waals surface area contributed by atoms with Crippen molar-refractivity contribution in [3.05, 3.63) is 35.0 Å². The van der Waals surface area contributed by atoms with E-state index in [1.165, 1.54) is 0 Å². The van der Waals surface area contributed by atoms with E-state index in [4.69, 9.17) is 15.8 Å². The Kier molecular flexibility index (Phi) is 5.95. The molecule has 0 spiro atoms. The highest BCUT2D eigenvalue weighted by Crippen LogP contribution is 2.25. The van der Waals surface area contributed by atoms with Crippen LogP contribution in [0.15, 0.2) is 24.3 Å². The van der Waals surface area contributed by atoms with E-state index in [9.17, 15) is 16.8 Å². The monoisotopic (exact) mass is 393 g/mol. The van der Waals surface area contributed by atoms with E-state index in [1.54, 1.807) is 25.1 Å². The van der Waals surface area contributed by atoms with Gasteiger partial charge in [-0.15, -0.1) is 0 Å². The maximum atomic E-state index is 11.6. The Morgan fingerprint density at radius 2 is 1.88 bits per heavy atom. The van der Waals surface area contributed by atoms with E-state index < -0.39 is 20.0 Å². The minimum Gasteiger partial charge on any atom is -0.342 e. The Hall–Kier alpha value is -1.09. The summed E-state index contributed by atoms with van der Waals surface area (Å²) in [4.78, 5) is 0. The summed E-state index contributed by atoms with van der Waals surface area (Å²) in [5.41, 5.74) is 1.52. The molecule has 0 atom stereocenters. The van der Waals surface area contributed by atoms with Crippen LogP contribution in [0.1, 0.15) is 19.0 Å². The maximum Gasteiger partial charge on any atom is 0.264 e. The molecule has 9 heteroatoms. The first-order chi connectivity index (χ1) is 11.1. The summed E-state index contributed by atoms with van der Waals surface area (Å²) < 4.78 is 52.5. The van der Waals surface area contributed by atoms with Crippen LogP contribution in [-0.2, 0) is 37.3 Å². The molecule has 0 bridgehead atoms. The Morgan fingerprint density at radius 3 is 2.50 bits per heavy atom. The van der Waals surface area contributed by atoms with Gasteiger partial charge < -0.3 is 4.57 Å². The lowest BCUT2D eigenvalue weighted by atomic mass is 10.2. The molecule has 1 aromatic heterocycles. The molecule has 134 valence electrons. The highest BCUT2D eigenvalue weighted by atomic mass is 35.5. The lowest BCUT2D eigenvalue weighted by Gasteiger charge is -2.11. The van der Waals surface area contributed by atoms with Crippen LogP contribution in [-0.4, -0.2) is 39.2 Å². The predicted octanol–water partition coefficient (Wildman–Crippen LogP) is 2.60. The number of nitrogens with zero attached hydrogens (tertiary/aromatic N) is 1. The van der Waals surface area contributed by atoms with Crippen LogP contribution >= 0.6 is 11.6 Å². The molecule has 0 N–H and O–H groups in total. The van der Waals surface area contributed by atoms with E-state index >= 15 is 0 Å². The molecule has 1 aromatic carbocycles.